The molecule has 0 spiro atoms. The zero-order valence-corrected chi connectivity index (χ0v) is 15.6. The summed E-state index contributed by atoms with van der Waals surface area (Å²) in [7, 11) is 1.60. The zero-order valence-electron chi connectivity index (χ0n) is 15.6. The first-order chi connectivity index (χ1) is 13.0. The lowest BCUT2D eigenvalue weighted by atomic mass is 10.1. The molecule has 0 aliphatic rings. The second kappa shape index (κ2) is 7.86. The SMILES string of the molecule is Cc1cccc(NC(=O)CN(C)C(=O)c2cnn(-c3ccccc3)c2)c1C. The van der Waals surface area contributed by atoms with E-state index in [9.17, 15) is 9.59 Å². The minimum absolute atomic E-state index is 0.0390. The Morgan fingerprint density at radius 1 is 1.07 bits per heavy atom. The highest BCUT2D eigenvalue weighted by atomic mass is 16.2. The topological polar surface area (TPSA) is 67.2 Å². The minimum Gasteiger partial charge on any atom is -0.332 e. The maximum Gasteiger partial charge on any atom is 0.257 e. The number of aromatic nitrogens is 2. The van der Waals surface area contributed by atoms with Crippen LogP contribution in [-0.2, 0) is 4.79 Å². The molecule has 0 atom stereocenters. The fraction of sp³-hybridized carbons (Fsp3) is 0.190. The summed E-state index contributed by atoms with van der Waals surface area (Å²) in [5.74, 6) is -0.497. The van der Waals surface area contributed by atoms with Crippen LogP contribution in [0.15, 0.2) is 60.9 Å². The summed E-state index contributed by atoms with van der Waals surface area (Å²) < 4.78 is 1.64. The monoisotopic (exact) mass is 362 g/mol. The number of nitrogens with zero attached hydrogens (tertiary/aromatic N) is 3. The summed E-state index contributed by atoms with van der Waals surface area (Å²) in [5, 5.41) is 7.09. The lowest BCUT2D eigenvalue weighted by Crippen LogP contribution is -2.34. The Morgan fingerprint density at radius 3 is 2.56 bits per heavy atom. The highest BCUT2D eigenvalue weighted by molar-refractivity contribution is 5.99. The first-order valence-corrected chi connectivity index (χ1v) is 8.67. The Balaban J connectivity index is 1.65. The van der Waals surface area contributed by atoms with Gasteiger partial charge in [-0.25, -0.2) is 4.68 Å². The van der Waals surface area contributed by atoms with Crippen molar-refractivity contribution in [1.29, 1.82) is 0 Å². The first kappa shape index (κ1) is 18.4. The number of rotatable bonds is 5. The van der Waals surface area contributed by atoms with Gasteiger partial charge in [0.05, 0.1) is 24.0 Å². The van der Waals surface area contributed by atoms with Gasteiger partial charge in [-0.3, -0.25) is 9.59 Å². The van der Waals surface area contributed by atoms with Crippen molar-refractivity contribution in [3.63, 3.8) is 0 Å². The van der Waals surface area contributed by atoms with E-state index >= 15 is 0 Å². The van der Waals surface area contributed by atoms with Gasteiger partial charge in [0.2, 0.25) is 5.91 Å². The molecule has 138 valence electrons. The summed E-state index contributed by atoms with van der Waals surface area (Å²) >= 11 is 0. The van der Waals surface area contributed by atoms with Crippen LogP contribution in [0, 0.1) is 13.8 Å². The third-order valence-electron chi connectivity index (χ3n) is 4.46. The van der Waals surface area contributed by atoms with E-state index in [1.54, 1.807) is 17.9 Å². The standard InChI is InChI=1S/C21H22N4O2/c1-15-8-7-11-19(16(15)2)23-20(26)14-24(3)21(27)17-12-22-25(13-17)18-9-5-4-6-10-18/h4-13H,14H2,1-3H3,(H,23,26). The van der Waals surface area contributed by atoms with Crippen LogP contribution in [0.25, 0.3) is 5.69 Å². The van der Waals surface area contributed by atoms with E-state index in [4.69, 9.17) is 0 Å². The molecule has 0 bridgehead atoms. The van der Waals surface area contributed by atoms with Crippen LogP contribution in [0.5, 0.6) is 0 Å². The molecule has 0 aliphatic carbocycles. The number of amides is 2. The summed E-state index contributed by atoms with van der Waals surface area (Å²) in [6.07, 6.45) is 3.17. The van der Waals surface area contributed by atoms with Crippen LogP contribution in [0.1, 0.15) is 21.5 Å². The molecule has 3 aromatic rings. The molecule has 1 aromatic heterocycles. The number of likely N-dealkylation sites (N-methyl/N-ethyl adjacent to an activating group) is 1. The van der Waals surface area contributed by atoms with E-state index in [1.807, 2.05) is 62.4 Å². The van der Waals surface area contributed by atoms with Crippen molar-refractivity contribution in [2.75, 3.05) is 18.9 Å². The van der Waals surface area contributed by atoms with Crippen molar-refractivity contribution in [3.8, 4) is 5.69 Å². The number of aryl methyl sites for hydroxylation is 1. The summed E-state index contributed by atoms with van der Waals surface area (Å²) in [5.41, 5.74) is 4.18. The Bertz CT molecular complexity index is 963. The quantitative estimate of drug-likeness (QED) is 0.758. The van der Waals surface area contributed by atoms with Crippen molar-refractivity contribution in [1.82, 2.24) is 14.7 Å². The molecule has 1 heterocycles. The third kappa shape index (κ3) is 4.23. The molecule has 6 nitrogen and oxygen atoms in total. The predicted octanol–water partition coefficient (Wildman–Crippen LogP) is 3.20. The van der Waals surface area contributed by atoms with E-state index in [2.05, 4.69) is 10.4 Å². The van der Waals surface area contributed by atoms with Gasteiger partial charge in [0.15, 0.2) is 0 Å². The fourth-order valence-corrected chi connectivity index (χ4v) is 2.74. The van der Waals surface area contributed by atoms with Crippen LogP contribution in [0.2, 0.25) is 0 Å². The van der Waals surface area contributed by atoms with Crippen LogP contribution in [-0.4, -0.2) is 40.1 Å². The Kier molecular flexibility index (Phi) is 5.35. The zero-order chi connectivity index (χ0) is 19.4. The maximum absolute atomic E-state index is 12.6. The fourth-order valence-electron chi connectivity index (χ4n) is 2.74. The van der Waals surface area contributed by atoms with Crippen LogP contribution in [0.4, 0.5) is 5.69 Å². The lowest BCUT2D eigenvalue weighted by molar-refractivity contribution is -0.116. The number of nitrogens with one attached hydrogen (secondary N) is 1. The number of carbonyl (C=O) groups is 2. The van der Waals surface area contributed by atoms with Crippen molar-refractivity contribution in [3.05, 3.63) is 77.6 Å². The van der Waals surface area contributed by atoms with Crippen LogP contribution < -0.4 is 5.32 Å². The third-order valence-corrected chi connectivity index (χ3v) is 4.46. The van der Waals surface area contributed by atoms with Crippen molar-refractivity contribution < 1.29 is 9.59 Å². The van der Waals surface area contributed by atoms with Crippen LogP contribution >= 0.6 is 0 Å². The molecular weight excluding hydrogens is 340 g/mol. The van der Waals surface area contributed by atoms with Gasteiger partial charge in [-0.1, -0.05) is 30.3 Å². The molecule has 0 saturated heterocycles. The Morgan fingerprint density at radius 2 is 1.81 bits per heavy atom. The molecule has 0 fully saturated rings. The lowest BCUT2D eigenvalue weighted by Gasteiger charge is -2.17. The summed E-state index contributed by atoms with van der Waals surface area (Å²) in [6, 6.07) is 15.3. The van der Waals surface area contributed by atoms with Crippen molar-refractivity contribution in [2.24, 2.45) is 0 Å². The minimum atomic E-state index is -0.256. The second-order valence-corrected chi connectivity index (χ2v) is 6.47. The Labute approximate surface area is 158 Å². The van der Waals surface area contributed by atoms with E-state index in [1.165, 1.54) is 11.1 Å². The molecule has 0 saturated carbocycles. The van der Waals surface area contributed by atoms with E-state index < -0.39 is 0 Å². The molecule has 0 unspecified atom stereocenters. The first-order valence-electron chi connectivity index (χ1n) is 8.67. The molecular formula is C21H22N4O2. The van der Waals surface area contributed by atoms with Gasteiger partial charge >= 0.3 is 0 Å². The average molecular weight is 362 g/mol. The van der Waals surface area contributed by atoms with Gasteiger partial charge in [0, 0.05) is 18.9 Å². The molecule has 6 heteroatoms. The molecule has 1 N–H and O–H groups in total. The molecule has 27 heavy (non-hydrogen) atoms. The number of para-hydroxylation sites is 1. The summed E-state index contributed by atoms with van der Waals surface area (Å²) in [6.45, 7) is 3.91. The highest BCUT2D eigenvalue weighted by Crippen LogP contribution is 2.18. The number of carbonyl (C=O) groups excluding carboxylic acids is 2. The Hall–Kier alpha value is -3.41. The van der Waals surface area contributed by atoms with E-state index in [0.717, 1.165) is 22.5 Å². The van der Waals surface area contributed by atoms with Gasteiger partial charge in [0.1, 0.15) is 0 Å². The largest absolute Gasteiger partial charge is 0.332 e. The van der Waals surface area contributed by atoms with Gasteiger partial charge in [-0.2, -0.15) is 5.10 Å². The van der Waals surface area contributed by atoms with Gasteiger partial charge < -0.3 is 10.2 Å². The van der Waals surface area contributed by atoms with Gasteiger partial charge in [-0.15, -0.1) is 0 Å². The number of hydrogen-bond acceptors (Lipinski definition) is 3. The van der Waals surface area contributed by atoms with Crippen LogP contribution in [0.3, 0.4) is 0 Å². The molecule has 0 radical (unpaired) electrons. The van der Waals surface area contributed by atoms with E-state index in [0.29, 0.717) is 5.56 Å². The second-order valence-electron chi connectivity index (χ2n) is 6.47. The number of benzene rings is 2. The maximum atomic E-state index is 12.6. The molecule has 2 aromatic carbocycles. The number of anilines is 1. The van der Waals surface area contributed by atoms with E-state index in [-0.39, 0.29) is 18.4 Å². The molecule has 2 amide bonds. The van der Waals surface area contributed by atoms with Gasteiger partial charge in [0.25, 0.3) is 5.91 Å². The smallest absolute Gasteiger partial charge is 0.257 e. The molecule has 3 rings (SSSR count). The van der Waals surface area contributed by atoms with Crippen molar-refractivity contribution in [2.45, 2.75) is 13.8 Å². The number of hydrogen-bond donors (Lipinski definition) is 1. The average Bonchev–Trinajstić information content (AvgIpc) is 3.15. The highest BCUT2D eigenvalue weighted by Gasteiger charge is 2.17. The van der Waals surface area contributed by atoms with Gasteiger partial charge in [-0.05, 0) is 43.2 Å². The summed E-state index contributed by atoms with van der Waals surface area (Å²) in [4.78, 5) is 26.3. The molecule has 0 aliphatic heterocycles. The van der Waals surface area contributed by atoms with Crippen molar-refractivity contribution >= 4 is 17.5 Å². The normalized spacial score (nSPS) is 10.5. The predicted molar refractivity (Wildman–Crippen MR) is 105 cm³/mol.